The van der Waals surface area contributed by atoms with Crippen LogP contribution in [-0.4, -0.2) is 42.2 Å². The molecule has 0 saturated carbocycles. The summed E-state index contributed by atoms with van der Waals surface area (Å²) < 4.78 is 10.9. The van der Waals surface area contributed by atoms with Crippen molar-refractivity contribution in [1.82, 2.24) is 0 Å². The van der Waals surface area contributed by atoms with Gasteiger partial charge in [0.25, 0.3) is 0 Å². The number of allylic oxidation sites excluding steroid dienone is 4. The number of rotatable bonds is 9. The van der Waals surface area contributed by atoms with E-state index in [1.807, 2.05) is 6.26 Å². The first-order valence-electron chi connectivity index (χ1n) is 9.56. The van der Waals surface area contributed by atoms with Crippen molar-refractivity contribution in [2.75, 3.05) is 26.2 Å². The first kappa shape index (κ1) is 23.4. The highest BCUT2D eigenvalue weighted by Crippen LogP contribution is 2.34. The van der Waals surface area contributed by atoms with E-state index in [9.17, 15) is 9.90 Å². The van der Waals surface area contributed by atoms with Crippen molar-refractivity contribution in [2.24, 2.45) is 4.99 Å². The molecule has 1 N–H and O–H groups in total. The molecule has 2 rings (SSSR count). The van der Waals surface area contributed by atoms with Crippen molar-refractivity contribution >= 4 is 29.2 Å². The highest BCUT2D eigenvalue weighted by molar-refractivity contribution is 8.02. The lowest BCUT2D eigenvalue weighted by atomic mass is 10.00. The van der Waals surface area contributed by atoms with Crippen molar-refractivity contribution < 1.29 is 14.3 Å². The highest BCUT2D eigenvalue weighted by atomic mass is 32.2. The van der Waals surface area contributed by atoms with Crippen LogP contribution < -0.4 is 5.63 Å². The summed E-state index contributed by atoms with van der Waals surface area (Å²) in [5, 5.41) is 10.4. The minimum absolute atomic E-state index is 0.0366. The lowest BCUT2D eigenvalue weighted by Gasteiger charge is -2.22. The number of thioether (sulfide) groups is 2. The molecule has 1 atom stereocenters. The summed E-state index contributed by atoms with van der Waals surface area (Å²) in [4.78, 5) is 17.9. The van der Waals surface area contributed by atoms with E-state index in [0.29, 0.717) is 17.9 Å². The topological polar surface area (TPSA) is 72.0 Å². The zero-order valence-electron chi connectivity index (χ0n) is 17.7. The zero-order chi connectivity index (χ0) is 21.4. The van der Waals surface area contributed by atoms with Crippen molar-refractivity contribution in [3.63, 3.8) is 0 Å². The Morgan fingerprint density at radius 2 is 2.17 bits per heavy atom. The summed E-state index contributed by atoms with van der Waals surface area (Å²) in [6.45, 7) is 3.77. The van der Waals surface area contributed by atoms with Gasteiger partial charge in [-0.15, -0.1) is 11.8 Å². The molecule has 0 bridgehead atoms. The third-order valence-corrected chi connectivity index (χ3v) is 6.75. The van der Waals surface area contributed by atoms with Crippen LogP contribution in [0, 0.1) is 6.92 Å². The first-order chi connectivity index (χ1) is 13.9. The summed E-state index contributed by atoms with van der Waals surface area (Å²) in [7, 11) is 3.32. The Bertz CT molecular complexity index is 897. The second-order valence-electron chi connectivity index (χ2n) is 6.56. The van der Waals surface area contributed by atoms with E-state index < -0.39 is 5.63 Å². The Morgan fingerprint density at radius 3 is 2.76 bits per heavy atom. The number of hydrogen-bond donors (Lipinski definition) is 1. The molecule has 0 saturated heterocycles. The fourth-order valence-corrected chi connectivity index (χ4v) is 4.82. The van der Waals surface area contributed by atoms with Gasteiger partial charge >= 0.3 is 5.63 Å². The van der Waals surface area contributed by atoms with Gasteiger partial charge in [-0.05, 0) is 37.9 Å². The van der Waals surface area contributed by atoms with Gasteiger partial charge in [-0.25, -0.2) is 4.79 Å². The minimum atomic E-state index is -0.564. The molecule has 158 valence electrons. The number of nitrogens with zero attached hydrogens (tertiary/aromatic N) is 1. The molecule has 1 aromatic rings. The van der Waals surface area contributed by atoms with E-state index in [2.05, 4.69) is 30.1 Å². The molecular weight excluding hydrogens is 406 g/mol. The summed E-state index contributed by atoms with van der Waals surface area (Å²) in [6.07, 6.45) is 10.8. The van der Waals surface area contributed by atoms with Crippen LogP contribution in [0.15, 0.2) is 54.7 Å². The van der Waals surface area contributed by atoms with E-state index in [4.69, 9.17) is 9.15 Å². The van der Waals surface area contributed by atoms with Crippen LogP contribution in [0.3, 0.4) is 0 Å². The molecule has 0 aliphatic heterocycles. The number of methoxy groups -OCH3 is 1. The highest BCUT2D eigenvalue weighted by Gasteiger charge is 2.25. The second kappa shape index (κ2) is 11.4. The Hall–Kier alpha value is -1.86. The maximum atomic E-state index is 12.4. The molecule has 1 aromatic heterocycles. The average Bonchev–Trinajstić information content (AvgIpc) is 2.91. The average molecular weight is 436 g/mol. The molecule has 0 amide bonds. The number of ether oxygens (including phenoxy) is 1. The number of aliphatic imine (C=N–C) groups is 1. The third kappa shape index (κ3) is 6.06. The van der Waals surface area contributed by atoms with E-state index in [0.717, 1.165) is 34.8 Å². The lowest BCUT2D eigenvalue weighted by molar-refractivity contribution is 0.299. The quantitative estimate of drug-likeness (QED) is 0.545. The normalized spacial score (nSPS) is 15.9. The molecule has 1 heterocycles. The molecule has 0 spiro atoms. The largest absolute Gasteiger partial charge is 0.507 e. The van der Waals surface area contributed by atoms with Crippen molar-refractivity contribution in [1.29, 1.82) is 0 Å². The maximum Gasteiger partial charge on any atom is 0.348 e. The van der Waals surface area contributed by atoms with Crippen LogP contribution >= 0.6 is 23.5 Å². The van der Waals surface area contributed by atoms with Crippen LogP contribution in [0.2, 0.25) is 0 Å². The molecule has 1 aliphatic carbocycles. The van der Waals surface area contributed by atoms with Crippen molar-refractivity contribution in [2.45, 2.75) is 38.4 Å². The molecular formula is C22H29NO4S2. The van der Waals surface area contributed by atoms with Crippen LogP contribution in [0.5, 0.6) is 5.75 Å². The van der Waals surface area contributed by atoms with Gasteiger partial charge in [-0.1, -0.05) is 19.1 Å². The van der Waals surface area contributed by atoms with E-state index in [1.54, 1.807) is 44.6 Å². The van der Waals surface area contributed by atoms with Gasteiger partial charge in [0.2, 0.25) is 0 Å². The van der Waals surface area contributed by atoms with Gasteiger partial charge in [0, 0.05) is 35.3 Å². The Labute approximate surface area is 181 Å². The summed E-state index contributed by atoms with van der Waals surface area (Å²) >= 11 is 3.49. The number of aryl methyl sites for hydroxylation is 1. The standard InChI is InChI=1S/C22H29NO4S2/c1-6-10-29-20(16-9-7-8-15(28-5)12-19(16)26-4)13-17(23-3)21-18(24)11-14(2)27-22(21)25/h8-9,11-12,20,24H,6-7,10,13H2,1-5H3. The second-order valence-corrected chi connectivity index (χ2v) is 8.75. The predicted octanol–water partition coefficient (Wildman–Crippen LogP) is 5.08. The third-order valence-electron chi connectivity index (χ3n) is 4.53. The predicted molar refractivity (Wildman–Crippen MR) is 124 cm³/mol. The first-order valence-corrected chi connectivity index (χ1v) is 11.8. The molecule has 1 aliphatic rings. The summed E-state index contributed by atoms with van der Waals surface area (Å²) in [6, 6.07) is 1.45. The molecule has 0 radical (unpaired) electrons. The Morgan fingerprint density at radius 1 is 1.41 bits per heavy atom. The van der Waals surface area contributed by atoms with Gasteiger partial charge in [-0.3, -0.25) is 4.99 Å². The van der Waals surface area contributed by atoms with Crippen molar-refractivity contribution in [3.8, 4) is 5.75 Å². The van der Waals surface area contributed by atoms with Gasteiger partial charge in [0.05, 0.1) is 12.8 Å². The van der Waals surface area contributed by atoms with Gasteiger partial charge in [0.15, 0.2) is 0 Å². The van der Waals surface area contributed by atoms with E-state index in [-0.39, 0.29) is 16.6 Å². The molecule has 0 aromatic carbocycles. The molecule has 0 fully saturated rings. The van der Waals surface area contributed by atoms with Crippen LogP contribution in [-0.2, 0) is 4.74 Å². The number of hydrogen-bond acceptors (Lipinski definition) is 7. The molecule has 5 nitrogen and oxygen atoms in total. The summed E-state index contributed by atoms with van der Waals surface area (Å²) in [5.41, 5.74) is 1.19. The molecule has 7 heteroatoms. The SMILES string of the molecule is CCCSC(CC(=NC)c1c(O)cc(C)oc1=O)C1=CCC=C(SC)C=C1OC. The maximum absolute atomic E-state index is 12.4. The Balaban J connectivity index is 2.43. The fourth-order valence-electron chi connectivity index (χ4n) is 3.14. The lowest BCUT2D eigenvalue weighted by Crippen LogP contribution is -2.22. The smallest absolute Gasteiger partial charge is 0.348 e. The number of aromatic hydroxyl groups is 1. The monoisotopic (exact) mass is 435 g/mol. The summed E-state index contributed by atoms with van der Waals surface area (Å²) in [5.74, 6) is 2.07. The van der Waals surface area contributed by atoms with Crippen LogP contribution in [0.1, 0.15) is 37.5 Å². The van der Waals surface area contributed by atoms with E-state index in [1.165, 1.54) is 6.07 Å². The molecule has 29 heavy (non-hydrogen) atoms. The fraction of sp³-hybridized carbons (Fsp3) is 0.455. The van der Waals surface area contributed by atoms with Gasteiger partial charge in [-0.2, -0.15) is 11.8 Å². The molecule has 1 unspecified atom stereocenters. The van der Waals surface area contributed by atoms with Crippen molar-refractivity contribution in [3.05, 3.63) is 62.3 Å². The van der Waals surface area contributed by atoms with Gasteiger partial charge < -0.3 is 14.3 Å². The van der Waals surface area contributed by atoms with Crippen LogP contribution in [0.4, 0.5) is 0 Å². The zero-order valence-corrected chi connectivity index (χ0v) is 19.3. The van der Waals surface area contributed by atoms with E-state index >= 15 is 0 Å². The Kier molecular flexibility index (Phi) is 9.17. The minimum Gasteiger partial charge on any atom is -0.507 e. The van der Waals surface area contributed by atoms with Crippen LogP contribution in [0.25, 0.3) is 0 Å². The van der Waals surface area contributed by atoms with Gasteiger partial charge in [0.1, 0.15) is 22.8 Å².